The maximum Gasteiger partial charge on any atom is 0.315 e. The zero-order chi connectivity index (χ0) is 21.3. The van der Waals surface area contributed by atoms with E-state index in [0.29, 0.717) is 28.2 Å². The van der Waals surface area contributed by atoms with Gasteiger partial charge in [0.2, 0.25) is 0 Å². The molecule has 0 radical (unpaired) electrons. The van der Waals surface area contributed by atoms with E-state index in [-0.39, 0.29) is 16.5 Å². The lowest BCUT2D eigenvalue weighted by Gasteiger charge is -2.17. The zero-order valence-electron chi connectivity index (χ0n) is 16.7. The topological polar surface area (TPSA) is 93.8 Å². The van der Waals surface area contributed by atoms with Crippen LogP contribution in [-0.4, -0.2) is 26.0 Å². The third kappa shape index (κ3) is 4.42. The molecule has 1 aromatic carbocycles. The fraction of sp³-hybridized carbons (Fsp3) is 0.350. The maximum absolute atomic E-state index is 15.0. The van der Waals surface area contributed by atoms with Gasteiger partial charge in [-0.05, 0) is 31.0 Å². The number of carbonyl (C=O) groups excluding carboxylic acids is 1. The average Bonchev–Trinajstić information content (AvgIpc) is 3.14. The third-order valence-corrected chi connectivity index (χ3v) is 4.65. The fourth-order valence-electron chi connectivity index (χ4n) is 2.80. The summed E-state index contributed by atoms with van der Waals surface area (Å²) >= 11 is 5.87. The van der Waals surface area contributed by atoms with Gasteiger partial charge < -0.3 is 9.84 Å². The highest BCUT2D eigenvalue weighted by atomic mass is 35.5. The van der Waals surface area contributed by atoms with E-state index in [0.717, 1.165) is 0 Å². The fourth-order valence-corrected chi connectivity index (χ4v) is 2.95. The first-order valence-corrected chi connectivity index (χ1v) is 9.37. The van der Waals surface area contributed by atoms with E-state index in [2.05, 4.69) is 25.4 Å². The number of halogens is 2. The van der Waals surface area contributed by atoms with Crippen LogP contribution in [0.4, 0.5) is 4.39 Å². The molecule has 0 bridgehead atoms. The van der Waals surface area contributed by atoms with Gasteiger partial charge in [-0.2, -0.15) is 4.98 Å². The van der Waals surface area contributed by atoms with Crippen molar-refractivity contribution in [3.05, 3.63) is 58.3 Å². The van der Waals surface area contributed by atoms with Gasteiger partial charge in [-0.25, -0.2) is 14.4 Å². The predicted octanol–water partition coefficient (Wildman–Crippen LogP) is 4.42. The smallest absolute Gasteiger partial charge is 0.315 e. The maximum atomic E-state index is 15.0. The van der Waals surface area contributed by atoms with Gasteiger partial charge >= 0.3 is 11.8 Å². The second-order valence-electron chi connectivity index (χ2n) is 7.74. The number of nitrogens with one attached hydrogen (secondary N) is 1. The Hall–Kier alpha value is -2.87. The second kappa shape index (κ2) is 7.87. The van der Waals surface area contributed by atoms with Crippen LogP contribution in [0.3, 0.4) is 0 Å². The van der Waals surface area contributed by atoms with Crippen LogP contribution in [-0.2, 0) is 5.41 Å². The van der Waals surface area contributed by atoms with Crippen LogP contribution in [0, 0.1) is 12.7 Å². The van der Waals surface area contributed by atoms with E-state index < -0.39 is 17.8 Å². The number of rotatable bonds is 4. The number of benzene rings is 1. The van der Waals surface area contributed by atoms with Gasteiger partial charge in [0, 0.05) is 17.0 Å². The van der Waals surface area contributed by atoms with Crippen LogP contribution in [0.2, 0.25) is 5.15 Å². The van der Waals surface area contributed by atoms with Gasteiger partial charge in [-0.15, -0.1) is 0 Å². The summed E-state index contributed by atoms with van der Waals surface area (Å²) in [4.78, 5) is 24.5. The normalized spacial score (nSPS) is 12.7. The summed E-state index contributed by atoms with van der Waals surface area (Å²) in [6.45, 7) is 9.15. The lowest BCUT2D eigenvalue weighted by molar-refractivity contribution is 0.0895. The lowest BCUT2D eigenvalue weighted by atomic mass is 9.96. The molecule has 7 nitrogen and oxygen atoms in total. The molecule has 0 aliphatic heterocycles. The van der Waals surface area contributed by atoms with E-state index in [9.17, 15) is 9.18 Å². The Kier molecular flexibility index (Phi) is 5.66. The highest BCUT2D eigenvalue weighted by molar-refractivity contribution is 6.29. The quantitative estimate of drug-likeness (QED) is 0.631. The van der Waals surface area contributed by atoms with Gasteiger partial charge in [0.25, 0.3) is 0 Å². The van der Waals surface area contributed by atoms with E-state index in [1.807, 2.05) is 20.8 Å². The van der Waals surface area contributed by atoms with Crippen molar-refractivity contribution in [2.75, 3.05) is 0 Å². The van der Waals surface area contributed by atoms with Gasteiger partial charge in [-0.3, -0.25) is 4.79 Å². The Morgan fingerprint density at radius 3 is 2.62 bits per heavy atom. The molecule has 29 heavy (non-hydrogen) atoms. The first-order chi connectivity index (χ1) is 13.6. The summed E-state index contributed by atoms with van der Waals surface area (Å²) in [6.07, 6.45) is 1.28. The van der Waals surface area contributed by atoms with Crippen molar-refractivity contribution in [2.24, 2.45) is 0 Å². The SMILES string of the molecule is Cc1c([C@@H](C)NC(=O)c2nc(C(C)(C)C)no2)ccc(-c2cc(Cl)ncn2)c1F. The minimum absolute atomic E-state index is 0.132. The number of carbonyl (C=O) groups is 1. The molecule has 0 fully saturated rings. The highest BCUT2D eigenvalue weighted by Gasteiger charge is 2.25. The molecule has 2 heterocycles. The Balaban J connectivity index is 1.82. The number of nitrogens with zero attached hydrogens (tertiary/aromatic N) is 4. The van der Waals surface area contributed by atoms with Gasteiger partial charge in [0.15, 0.2) is 5.82 Å². The first kappa shape index (κ1) is 20.9. The Morgan fingerprint density at radius 2 is 2.00 bits per heavy atom. The van der Waals surface area contributed by atoms with Gasteiger partial charge in [0.1, 0.15) is 17.3 Å². The zero-order valence-corrected chi connectivity index (χ0v) is 17.5. The first-order valence-electron chi connectivity index (χ1n) is 9.00. The second-order valence-corrected chi connectivity index (χ2v) is 8.12. The molecule has 1 N–H and O–H groups in total. The summed E-state index contributed by atoms with van der Waals surface area (Å²) in [5.74, 6) is -0.657. The Bertz CT molecular complexity index is 1060. The van der Waals surface area contributed by atoms with Crippen LogP contribution >= 0.6 is 11.6 Å². The molecule has 3 rings (SSSR count). The third-order valence-electron chi connectivity index (χ3n) is 4.44. The van der Waals surface area contributed by atoms with E-state index in [1.165, 1.54) is 12.4 Å². The van der Waals surface area contributed by atoms with Crippen molar-refractivity contribution < 1.29 is 13.7 Å². The summed E-state index contributed by atoms with van der Waals surface area (Å²) in [6, 6.07) is 4.35. The largest absolute Gasteiger partial charge is 0.341 e. The minimum atomic E-state index is -0.521. The molecule has 0 unspecified atom stereocenters. The number of aromatic nitrogens is 4. The molecule has 152 valence electrons. The highest BCUT2D eigenvalue weighted by Crippen LogP contribution is 2.29. The Morgan fingerprint density at radius 1 is 1.28 bits per heavy atom. The minimum Gasteiger partial charge on any atom is -0.341 e. The average molecular weight is 418 g/mol. The molecule has 2 aromatic heterocycles. The predicted molar refractivity (Wildman–Crippen MR) is 106 cm³/mol. The van der Waals surface area contributed by atoms with Gasteiger partial charge in [-0.1, -0.05) is 43.6 Å². The Labute approximate surface area is 172 Å². The van der Waals surface area contributed by atoms with E-state index >= 15 is 0 Å². The van der Waals surface area contributed by atoms with Crippen LogP contribution in [0.1, 0.15) is 61.4 Å². The van der Waals surface area contributed by atoms with Crippen LogP contribution < -0.4 is 5.32 Å². The summed E-state index contributed by atoms with van der Waals surface area (Å²) in [5, 5.41) is 6.84. The van der Waals surface area contributed by atoms with Gasteiger partial charge in [0.05, 0.1) is 11.7 Å². The summed E-state index contributed by atoms with van der Waals surface area (Å²) in [7, 11) is 0. The molecule has 0 spiro atoms. The molecular formula is C20H21ClFN5O2. The van der Waals surface area contributed by atoms with Crippen molar-refractivity contribution in [3.63, 3.8) is 0 Å². The molecule has 0 saturated carbocycles. The standard InChI is InChI=1S/C20H21ClFN5O2/c1-10-12(6-7-13(16(10)22)14-8-15(21)24-9-23-14)11(2)25-17(28)18-26-19(27-29-18)20(3,4)5/h6-9,11H,1-5H3,(H,25,28)/t11-/m1/s1. The lowest BCUT2D eigenvalue weighted by Crippen LogP contribution is -2.28. The molecule has 1 atom stereocenters. The van der Waals surface area contributed by atoms with Crippen LogP contribution in [0.15, 0.2) is 29.0 Å². The molecule has 0 aliphatic carbocycles. The van der Waals surface area contributed by atoms with Crippen molar-refractivity contribution in [1.82, 2.24) is 25.4 Å². The summed E-state index contributed by atoms with van der Waals surface area (Å²) in [5.41, 5.74) is 1.36. The van der Waals surface area contributed by atoms with Crippen molar-refractivity contribution >= 4 is 17.5 Å². The molecule has 9 heteroatoms. The number of amides is 1. The molecule has 0 saturated heterocycles. The summed E-state index contributed by atoms with van der Waals surface area (Å²) < 4.78 is 20.0. The van der Waals surface area contributed by atoms with Crippen LogP contribution in [0.5, 0.6) is 0 Å². The van der Waals surface area contributed by atoms with Crippen LogP contribution in [0.25, 0.3) is 11.3 Å². The number of hydrogen-bond donors (Lipinski definition) is 1. The van der Waals surface area contributed by atoms with Crippen molar-refractivity contribution in [2.45, 2.75) is 46.1 Å². The molecule has 1 amide bonds. The van der Waals surface area contributed by atoms with E-state index in [4.69, 9.17) is 16.1 Å². The molecule has 3 aromatic rings. The number of hydrogen-bond acceptors (Lipinski definition) is 6. The van der Waals surface area contributed by atoms with Crippen molar-refractivity contribution in [1.29, 1.82) is 0 Å². The molecule has 0 aliphatic rings. The molecular weight excluding hydrogens is 397 g/mol. The van der Waals surface area contributed by atoms with Crippen molar-refractivity contribution in [3.8, 4) is 11.3 Å². The van der Waals surface area contributed by atoms with E-state index in [1.54, 1.807) is 26.0 Å². The monoisotopic (exact) mass is 417 g/mol.